The highest BCUT2D eigenvalue weighted by Crippen LogP contribution is 2.28. The van der Waals surface area contributed by atoms with Gasteiger partial charge in [-0.25, -0.2) is 0 Å². The number of ketones is 1. The first-order chi connectivity index (χ1) is 8.22. The van der Waals surface area contributed by atoms with Crippen LogP contribution in [0.25, 0.3) is 0 Å². The number of benzene rings is 1. The lowest BCUT2D eigenvalue weighted by Crippen LogP contribution is -2.03. The molecule has 0 fully saturated rings. The van der Waals surface area contributed by atoms with Crippen molar-refractivity contribution in [1.29, 1.82) is 0 Å². The molecule has 0 aromatic heterocycles. The first-order valence-corrected chi connectivity index (χ1v) is 6.84. The SMILES string of the molecule is COc1cc(C(=O)CBr)ccc1OCCCCl. The monoisotopic (exact) mass is 320 g/mol. The molecule has 1 rings (SSSR count). The summed E-state index contributed by atoms with van der Waals surface area (Å²) in [6, 6.07) is 5.14. The lowest BCUT2D eigenvalue weighted by molar-refractivity contribution is 0.102. The summed E-state index contributed by atoms with van der Waals surface area (Å²) in [6.07, 6.45) is 0.771. The van der Waals surface area contributed by atoms with Crippen LogP contribution in [0.5, 0.6) is 11.5 Å². The molecular formula is C12H14BrClO3. The van der Waals surface area contributed by atoms with E-state index in [0.717, 1.165) is 6.42 Å². The van der Waals surface area contributed by atoms with Gasteiger partial charge in [0.2, 0.25) is 0 Å². The highest BCUT2D eigenvalue weighted by atomic mass is 79.9. The first kappa shape index (κ1) is 14.3. The number of Topliss-reactive ketones (excluding diaryl/α,β-unsaturated/α-hetero) is 1. The third kappa shape index (κ3) is 4.21. The second-order valence-electron chi connectivity index (χ2n) is 3.31. The van der Waals surface area contributed by atoms with Gasteiger partial charge in [0.05, 0.1) is 19.0 Å². The summed E-state index contributed by atoms with van der Waals surface area (Å²) in [6.45, 7) is 0.533. The van der Waals surface area contributed by atoms with E-state index in [1.807, 2.05) is 0 Å². The van der Waals surface area contributed by atoms with Crippen molar-refractivity contribution >= 4 is 33.3 Å². The fraction of sp³-hybridized carbons (Fsp3) is 0.417. The highest BCUT2D eigenvalue weighted by molar-refractivity contribution is 9.09. The number of hydrogen-bond donors (Lipinski definition) is 0. The lowest BCUT2D eigenvalue weighted by atomic mass is 10.1. The van der Waals surface area contributed by atoms with E-state index in [4.69, 9.17) is 21.1 Å². The molecule has 0 heterocycles. The third-order valence-corrected chi connectivity index (χ3v) is 2.92. The van der Waals surface area contributed by atoms with Gasteiger partial charge in [-0.15, -0.1) is 11.6 Å². The Bertz CT molecular complexity index is 382. The molecule has 3 nitrogen and oxygen atoms in total. The second-order valence-corrected chi connectivity index (χ2v) is 4.25. The fourth-order valence-corrected chi connectivity index (χ4v) is 1.71. The van der Waals surface area contributed by atoms with Crippen LogP contribution in [0.2, 0.25) is 0 Å². The minimum atomic E-state index is 0.00982. The summed E-state index contributed by atoms with van der Waals surface area (Å²) >= 11 is 8.70. The summed E-state index contributed by atoms with van der Waals surface area (Å²) in [5, 5.41) is 0.294. The molecule has 0 aliphatic carbocycles. The second kappa shape index (κ2) is 7.56. The molecule has 1 aromatic carbocycles. The van der Waals surface area contributed by atoms with Gasteiger partial charge in [-0.2, -0.15) is 0 Å². The number of alkyl halides is 2. The summed E-state index contributed by atoms with van der Waals surface area (Å²) in [5.41, 5.74) is 0.600. The number of halogens is 2. The van der Waals surface area contributed by atoms with E-state index < -0.39 is 0 Å². The van der Waals surface area contributed by atoms with Crippen LogP contribution in [0.1, 0.15) is 16.8 Å². The summed E-state index contributed by atoms with van der Waals surface area (Å²) in [7, 11) is 1.55. The van der Waals surface area contributed by atoms with E-state index >= 15 is 0 Å². The minimum absolute atomic E-state index is 0.00982. The quantitative estimate of drug-likeness (QED) is 0.439. The van der Waals surface area contributed by atoms with Crippen LogP contribution in [0.15, 0.2) is 18.2 Å². The van der Waals surface area contributed by atoms with Crippen LogP contribution in [0, 0.1) is 0 Å². The van der Waals surface area contributed by atoms with Crippen molar-refractivity contribution in [3.05, 3.63) is 23.8 Å². The summed E-state index contributed by atoms with van der Waals surface area (Å²) in [4.78, 5) is 11.5. The van der Waals surface area contributed by atoms with E-state index in [0.29, 0.717) is 34.9 Å². The lowest BCUT2D eigenvalue weighted by Gasteiger charge is -2.11. The Hall–Kier alpha value is -0.740. The molecule has 17 heavy (non-hydrogen) atoms. The van der Waals surface area contributed by atoms with E-state index in [2.05, 4.69) is 15.9 Å². The Morgan fingerprint density at radius 1 is 1.41 bits per heavy atom. The number of hydrogen-bond acceptors (Lipinski definition) is 3. The number of carbonyl (C=O) groups excluding carboxylic acids is 1. The van der Waals surface area contributed by atoms with E-state index in [1.165, 1.54) is 0 Å². The molecule has 0 spiro atoms. The van der Waals surface area contributed by atoms with Gasteiger partial charge in [-0.3, -0.25) is 4.79 Å². The molecule has 94 valence electrons. The van der Waals surface area contributed by atoms with Crippen LogP contribution in [0.3, 0.4) is 0 Å². The minimum Gasteiger partial charge on any atom is -0.493 e. The molecule has 0 radical (unpaired) electrons. The Morgan fingerprint density at radius 3 is 2.76 bits per heavy atom. The molecule has 0 N–H and O–H groups in total. The molecule has 0 unspecified atom stereocenters. The number of rotatable bonds is 7. The molecular weight excluding hydrogens is 307 g/mol. The Kier molecular flexibility index (Phi) is 6.37. The van der Waals surface area contributed by atoms with Gasteiger partial charge in [0, 0.05) is 11.4 Å². The molecule has 0 bridgehead atoms. The molecule has 5 heteroatoms. The molecule has 1 aromatic rings. The van der Waals surface area contributed by atoms with Crippen molar-refractivity contribution in [1.82, 2.24) is 0 Å². The average Bonchev–Trinajstić information content (AvgIpc) is 2.38. The zero-order valence-electron chi connectivity index (χ0n) is 9.54. The van der Waals surface area contributed by atoms with Crippen molar-refractivity contribution < 1.29 is 14.3 Å². The molecule has 0 saturated carbocycles. The zero-order chi connectivity index (χ0) is 12.7. The van der Waals surface area contributed by atoms with Crippen molar-refractivity contribution in [2.45, 2.75) is 6.42 Å². The topological polar surface area (TPSA) is 35.5 Å². The van der Waals surface area contributed by atoms with Crippen molar-refractivity contribution in [3.8, 4) is 11.5 Å². The standard InChI is InChI=1S/C12H14BrClO3/c1-16-12-7-9(10(15)8-13)3-4-11(12)17-6-2-5-14/h3-4,7H,2,5-6,8H2,1H3. The first-order valence-electron chi connectivity index (χ1n) is 5.19. The van der Waals surface area contributed by atoms with Crippen molar-refractivity contribution in [3.63, 3.8) is 0 Å². The van der Waals surface area contributed by atoms with Gasteiger partial charge in [0.25, 0.3) is 0 Å². The molecule has 0 saturated heterocycles. The predicted molar refractivity (Wildman–Crippen MR) is 72.0 cm³/mol. The maximum atomic E-state index is 11.5. The van der Waals surface area contributed by atoms with Crippen LogP contribution in [-0.4, -0.2) is 30.7 Å². The Balaban J connectivity index is 2.81. The van der Waals surface area contributed by atoms with Crippen molar-refractivity contribution in [2.75, 3.05) is 24.9 Å². The van der Waals surface area contributed by atoms with Crippen LogP contribution in [-0.2, 0) is 0 Å². The number of methoxy groups -OCH3 is 1. The molecule has 0 atom stereocenters. The van der Waals surface area contributed by atoms with E-state index in [9.17, 15) is 4.79 Å². The van der Waals surface area contributed by atoms with E-state index in [1.54, 1.807) is 25.3 Å². The number of ether oxygens (including phenoxy) is 2. The van der Waals surface area contributed by atoms with Gasteiger partial charge < -0.3 is 9.47 Å². The van der Waals surface area contributed by atoms with Gasteiger partial charge in [0.15, 0.2) is 17.3 Å². The highest BCUT2D eigenvalue weighted by Gasteiger charge is 2.10. The van der Waals surface area contributed by atoms with Gasteiger partial charge >= 0.3 is 0 Å². The van der Waals surface area contributed by atoms with Crippen molar-refractivity contribution in [2.24, 2.45) is 0 Å². The normalized spacial score (nSPS) is 10.1. The van der Waals surface area contributed by atoms with Gasteiger partial charge in [0.1, 0.15) is 0 Å². The van der Waals surface area contributed by atoms with E-state index in [-0.39, 0.29) is 5.78 Å². The molecule has 0 amide bonds. The summed E-state index contributed by atoms with van der Waals surface area (Å²) < 4.78 is 10.7. The maximum Gasteiger partial charge on any atom is 0.173 e. The maximum absolute atomic E-state index is 11.5. The molecule has 0 aliphatic heterocycles. The van der Waals surface area contributed by atoms with Crippen LogP contribution >= 0.6 is 27.5 Å². The predicted octanol–water partition coefficient (Wildman–Crippen LogP) is 3.28. The fourth-order valence-electron chi connectivity index (χ4n) is 1.27. The Labute approximate surface area is 114 Å². The Morgan fingerprint density at radius 2 is 2.18 bits per heavy atom. The molecule has 0 aliphatic rings. The summed E-state index contributed by atoms with van der Waals surface area (Å²) in [5.74, 6) is 1.76. The van der Waals surface area contributed by atoms with Crippen LogP contribution < -0.4 is 9.47 Å². The third-order valence-electron chi connectivity index (χ3n) is 2.14. The van der Waals surface area contributed by atoms with Gasteiger partial charge in [-0.1, -0.05) is 15.9 Å². The number of carbonyl (C=O) groups is 1. The average molecular weight is 322 g/mol. The van der Waals surface area contributed by atoms with Crippen LogP contribution in [0.4, 0.5) is 0 Å². The largest absolute Gasteiger partial charge is 0.493 e. The smallest absolute Gasteiger partial charge is 0.173 e. The zero-order valence-corrected chi connectivity index (χ0v) is 11.9. The van der Waals surface area contributed by atoms with Gasteiger partial charge in [-0.05, 0) is 24.6 Å².